The lowest BCUT2D eigenvalue weighted by Gasteiger charge is -2.28. The van der Waals surface area contributed by atoms with Crippen molar-refractivity contribution >= 4 is 34.1 Å². The van der Waals surface area contributed by atoms with E-state index in [2.05, 4.69) is 15.6 Å². The van der Waals surface area contributed by atoms with Crippen LogP contribution >= 0.6 is 11.6 Å². The van der Waals surface area contributed by atoms with E-state index in [1.54, 1.807) is 6.20 Å². The predicted octanol–water partition coefficient (Wildman–Crippen LogP) is 3.15. The Hall–Kier alpha value is -2.63. The Kier molecular flexibility index (Phi) is 4.26. The molecule has 6 heteroatoms. The van der Waals surface area contributed by atoms with Gasteiger partial charge in [-0.15, -0.1) is 0 Å². The molecule has 0 spiro atoms. The largest absolute Gasteiger partial charge is 0.383 e. The maximum Gasteiger partial charge on any atom is 0.255 e. The van der Waals surface area contributed by atoms with Crippen molar-refractivity contribution in [2.75, 3.05) is 18.8 Å². The molecular formula is C20H19ClN4O. The maximum atomic E-state index is 12.7. The van der Waals surface area contributed by atoms with E-state index >= 15 is 0 Å². The van der Waals surface area contributed by atoms with Gasteiger partial charge in [0.05, 0.1) is 11.6 Å². The van der Waals surface area contributed by atoms with Gasteiger partial charge in [0.15, 0.2) is 0 Å². The number of anilines is 1. The highest BCUT2D eigenvalue weighted by Crippen LogP contribution is 2.34. The van der Waals surface area contributed by atoms with Crippen LogP contribution in [-0.2, 0) is 0 Å². The third-order valence-corrected chi connectivity index (χ3v) is 5.09. The molecule has 2 aromatic carbocycles. The van der Waals surface area contributed by atoms with Crippen LogP contribution < -0.4 is 16.4 Å². The summed E-state index contributed by atoms with van der Waals surface area (Å²) in [6.45, 7) is 3.58. The van der Waals surface area contributed by atoms with E-state index in [1.165, 1.54) is 0 Å². The van der Waals surface area contributed by atoms with Gasteiger partial charge in [0.1, 0.15) is 5.82 Å². The van der Waals surface area contributed by atoms with Crippen molar-refractivity contribution in [2.45, 2.75) is 13.0 Å². The number of halogens is 1. The van der Waals surface area contributed by atoms with Gasteiger partial charge in [-0.3, -0.25) is 4.79 Å². The minimum Gasteiger partial charge on any atom is -0.383 e. The Morgan fingerprint density at radius 1 is 1.31 bits per heavy atom. The highest BCUT2D eigenvalue weighted by atomic mass is 35.5. The molecule has 0 atom stereocenters. The Morgan fingerprint density at radius 2 is 2.12 bits per heavy atom. The van der Waals surface area contributed by atoms with Crippen LogP contribution in [0.2, 0.25) is 5.02 Å². The lowest BCUT2D eigenvalue weighted by Crippen LogP contribution is -2.57. The second-order valence-electron chi connectivity index (χ2n) is 6.58. The first kappa shape index (κ1) is 16.8. The molecule has 1 aliphatic rings. The molecule has 0 saturated carbocycles. The van der Waals surface area contributed by atoms with E-state index in [0.29, 0.717) is 10.6 Å². The van der Waals surface area contributed by atoms with Gasteiger partial charge in [0, 0.05) is 35.3 Å². The topological polar surface area (TPSA) is 80.0 Å². The lowest BCUT2D eigenvalue weighted by atomic mass is 9.96. The fourth-order valence-corrected chi connectivity index (χ4v) is 3.61. The first-order chi connectivity index (χ1) is 12.5. The average Bonchev–Trinajstić information content (AvgIpc) is 2.58. The van der Waals surface area contributed by atoms with Gasteiger partial charge in [-0.25, -0.2) is 4.98 Å². The minimum atomic E-state index is -0.186. The molecule has 5 nitrogen and oxygen atoms in total. The van der Waals surface area contributed by atoms with E-state index < -0.39 is 0 Å². The molecule has 2 heterocycles. The standard InChI is InChI=1S/C20H19ClN4O/c1-11-3-2-4-16(21)17(11)12-5-6-15-13(7-12)8-24-19(22)18(15)20(26)25-14-9-23-10-14/h2-8,14,23H,9-10H2,1H3,(H2,22,24)(H,25,26). The quantitative estimate of drug-likeness (QED) is 0.665. The smallest absolute Gasteiger partial charge is 0.255 e. The minimum absolute atomic E-state index is 0.141. The fourth-order valence-electron chi connectivity index (χ4n) is 3.28. The predicted molar refractivity (Wildman–Crippen MR) is 105 cm³/mol. The lowest BCUT2D eigenvalue weighted by molar-refractivity contribution is 0.0926. The molecule has 0 unspecified atom stereocenters. The Morgan fingerprint density at radius 3 is 2.81 bits per heavy atom. The number of nitrogen functional groups attached to an aromatic ring is 1. The summed E-state index contributed by atoms with van der Waals surface area (Å²) in [5.74, 6) is 0.0535. The molecule has 4 N–H and O–H groups in total. The summed E-state index contributed by atoms with van der Waals surface area (Å²) in [7, 11) is 0. The van der Waals surface area contributed by atoms with Crippen molar-refractivity contribution in [2.24, 2.45) is 0 Å². The zero-order chi connectivity index (χ0) is 18.3. The van der Waals surface area contributed by atoms with Crippen LogP contribution in [0.4, 0.5) is 5.82 Å². The SMILES string of the molecule is Cc1cccc(Cl)c1-c1ccc2c(C(=O)NC3CNC3)c(N)ncc2c1. The van der Waals surface area contributed by atoms with E-state index in [0.717, 1.165) is 40.6 Å². The van der Waals surface area contributed by atoms with Gasteiger partial charge in [-0.2, -0.15) is 0 Å². The van der Waals surface area contributed by atoms with Gasteiger partial charge < -0.3 is 16.4 Å². The Balaban J connectivity index is 1.80. The van der Waals surface area contributed by atoms with E-state index in [4.69, 9.17) is 17.3 Å². The summed E-state index contributed by atoms with van der Waals surface area (Å²) < 4.78 is 0. The van der Waals surface area contributed by atoms with E-state index in [1.807, 2.05) is 43.3 Å². The number of aromatic nitrogens is 1. The average molecular weight is 367 g/mol. The molecule has 0 aliphatic carbocycles. The first-order valence-corrected chi connectivity index (χ1v) is 8.87. The molecule has 0 radical (unpaired) electrons. The van der Waals surface area contributed by atoms with Crippen molar-refractivity contribution < 1.29 is 4.79 Å². The number of fused-ring (bicyclic) bond motifs is 1. The van der Waals surface area contributed by atoms with Crippen LogP contribution in [0.15, 0.2) is 42.6 Å². The van der Waals surface area contributed by atoms with Gasteiger partial charge in [-0.05, 0) is 35.6 Å². The number of benzene rings is 2. The summed E-state index contributed by atoms with van der Waals surface area (Å²) in [5, 5.41) is 8.46. The van der Waals surface area contributed by atoms with Crippen LogP contribution in [0.5, 0.6) is 0 Å². The molecule has 1 aromatic heterocycles. The third kappa shape index (κ3) is 2.89. The third-order valence-electron chi connectivity index (χ3n) is 4.77. The number of pyridine rings is 1. The van der Waals surface area contributed by atoms with E-state index in [9.17, 15) is 4.79 Å². The summed E-state index contributed by atoms with van der Waals surface area (Å²) in [5.41, 5.74) is 9.51. The second kappa shape index (κ2) is 6.59. The van der Waals surface area contributed by atoms with Crippen molar-refractivity contribution in [3.63, 3.8) is 0 Å². The first-order valence-electron chi connectivity index (χ1n) is 8.50. The molecule has 1 aliphatic heterocycles. The van der Waals surface area contributed by atoms with Crippen molar-refractivity contribution in [3.8, 4) is 11.1 Å². The highest BCUT2D eigenvalue weighted by Gasteiger charge is 2.23. The fraction of sp³-hybridized carbons (Fsp3) is 0.200. The molecule has 1 amide bonds. The number of aryl methyl sites for hydroxylation is 1. The maximum absolute atomic E-state index is 12.7. The van der Waals surface area contributed by atoms with Gasteiger partial charge in [-0.1, -0.05) is 35.9 Å². The number of carbonyl (C=O) groups is 1. The van der Waals surface area contributed by atoms with Crippen LogP contribution in [-0.4, -0.2) is 30.0 Å². The van der Waals surface area contributed by atoms with Crippen LogP contribution in [0.3, 0.4) is 0 Å². The molecule has 3 aromatic rings. The number of carbonyl (C=O) groups excluding carboxylic acids is 1. The van der Waals surface area contributed by atoms with Crippen LogP contribution in [0.25, 0.3) is 21.9 Å². The highest BCUT2D eigenvalue weighted by molar-refractivity contribution is 6.33. The number of amides is 1. The molecule has 1 fully saturated rings. The Labute approximate surface area is 156 Å². The summed E-state index contributed by atoms with van der Waals surface area (Å²) in [6.07, 6.45) is 1.70. The number of rotatable bonds is 3. The van der Waals surface area contributed by atoms with Crippen molar-refractivity contribution in [1.82, 2.24) is 15.6 Å². The molecule has 4 rings (SSSR count). The number of nitrogens with one attached hydrogen (secondary N) is 2. The van der Waals surface area contributed by atoms with Crippen molar-refractivity contribution in [1.29, 1.82) is 0 Å². The zero-order valence-corrected chi connectivity index (χ0v) is 15.1. The summed E-state index contributed by atoms with van der Waals surface area (Å²) in [6, 6.07) is 11.9. The summed E-state index contributed by atoms with van der Waals surface area (Å²) >= 11 is 6.40. The van der Waals surface area contributed by atoms with Crippen molar-refractivity contribution in [3.05, 3.63) is 58.7 Å². The molecule has 0 bridgehead atoms. The summed E-state index contributed by atoms with van der Waals surface area (Å²) in [4.78, 5) is 16.9. The molecule has 132 valence electrons. The molecular weight excluding hydrogens is 348 g/mol. The molecule has 26 heavy (non-hydrogen) atoms. The number of nitrogens with zero attached hydrogens (tertiary/aromatic N) is 1. The molecule has 1 saturated heterocycles. The zero-order valence-electron chi connectivity index (χ0n) is 14.3. The van der Waals surface area contributed by atoms with Crippen LogP contribution in [0, 0.1) is 6.92 Å². The number of nitrogens with two attached hydrogens (primary N) is 1. The van der Waals surface area contributed by atoms with Gasteiger partial charge in [0.25, 0.3) is 5.91 Å². The van der Waals surface area contributed by atoms with E-state index in [-0.39, 0.29) is 17.8 Å². The van der Waals surface area contributed by atoms with Gasteiger partial charge >= 0.3 is 0 Å². The number of hydrogen-bond acceptors (Lipinski definition) is 4. The van der Waals surface area contributed by atoms with Gasteiger partial charge in [0.2, 0.25) is 0 Å². The number of hydrogen-bond donors (Lipinski definition) is 3. The normalized spacial score (nSPS) is 14.2. The second-order valence-corrected chi connectivity index (χ2v) is 6.99. The Bertz CT molecular complexity index is 994. The van der Waals surface area contributed by atoms with Crippen LogP contribution in [0.1, 0.15) is 15.9 Å². The monoisotopic (exact) mass is 366 g/mol.